The van der Waals surface area contributed by atoms with E-state index in [2.05, 4.69) is 4.72 Å². The lowest BCUT2D eigenvalue weighted by Gasteiger charge is -2.31. The molecule has 1 heterocycles. The van der Waals surface area contributed by atoms with Crippen LogP contribution >= 0.6 is 0 Å². The molecule has 1 aliphatic rings. The fourth-order valence-electron chi connectivity index (χ4n) is 3.57. The highest BCUT2D eigenvalue weighted by Gasteiger charge is 2.28. The second-order valence-corrected chi connectivity index (χ2v) is 11.0. The van der Waals surface area contributed by atoms with Crippen LogP contribution < -0.4 is 13.8 Å². The van der Waals surface area contributed by atoms with Gasteiger partial charge in [-0.25, -0.2) is 16.8 Å². The van der Waals surface area contributed by atoms with E-state index in [9.17, 15) is 16.8 Å². The molecule has 0 radical (unpaired) electrons. The predicted octanol–water partition coefficient (Wildman–Crippen LogP) is 3.69. The molecular weight excluding hydrogens is 424 g/mol. The number of fused-ring (bicyclic) bond motifs is 1. The molecule has 1 N–H and O–H groups in total. The van der Waals surface area contributed by atoms with Crippen molar-refractivity contribution in [2.45, 2.75) is 44.9 Å². The molecule has 0 aromatic heterocycles. The van der Waals surface area contributed by atoms with Crippen molar-refractivity contribution < 1.29 is 21.6 Å². The van der Waals surface area contributed by atoms with E-state index in [0.29, 0.717) is 30.9 Å². The van der Waals surface area contributed by atoms with Gasteiger partial charge in [0.2, 0.25) is 10.0 Å². The first-order valence-electron chi connectivity index (χ1n) is 10.1. The highest BCUT2D eigenvalue weighted by Crippen LogP contribution is 2.34. The summed E-state index contributed by atoms with van der Waals surface area (Å²) in [6.45, 7) is 6.17. The summed E-state index contributed by atoms with van der Waals surface area (Å²) in [6, 6.07) is 10.1. The van der Waals surface area contributed by atoms with Crippen molar-refractivity contribution in [2.75, 3.05) is 27.9 Å². The molecule has 30 heavy (non-hydrogen) atoms. The maximum Gasteiger partial charge on any atom is 0.265 e. The highest BCUT2D eigenvalue weighted by atomic mass is 32.2. The molecule has 164 valence electrons. The Hall–Kier alpha value is -2.26. The molecule has 0 unspecified atom stereocenters. The molecule has 0 spiro atoms. The molecular formula is C21H28N2O5S2. The van der Waals surface area contributed by atoms with Gasteiger partial charge in [-0.2, -0.15) is 0 Å². The van der Waals surface area contributed by atoms with Crippen molar-refractivity contribution in [3.8, 4) is 5.75 Å². The van der Waals surface area contributed by atoms with E-state index in [-0.39, 0.29) is 16.4 Å². The monoisotopic (exact) mass is 452 g/mol. The Morgan fingerprint density at radius 1 is 1.07 bits per heavy atom. The molecule has 7 nitrogen and oxygen atoms in total. The average Bonchev–Trinajstić information content (AvgIpc) is 2.68. The van der Waals surface area contributed by atoms with Crippen LogP contribution in [0.1, 0.15) is 37.8 Å². The summed E-state index contributed by atoms with van der Waals surface area (Å²) in [5.41, 5.74) is 2.55. The van der Waals surface area contributed by atoms with Crippen LogP contribution in [0.15, 0.2) is 41.3 Å². The number of hydrogen-bond acceptors (Lipinski definition) is 5. The summed E-state index contributed by atoms with van der Waals surface area (Å²) in [7, 11) is -7.36. The van der Waals surface area contributed by atoms with E-state index in [0.717, 1.165) is 24.0 Å². The van der Waals surface area contributed by atoms with E-state index < -0.39 is 20.0 Å². The van der Waals surface area contributed by atoms with Gasteiger partial charge in [-0.05, 0) is 68.5 Å². The summed E-state index contributed by atoms with van der Waals surface area (Å²) in [6.07, 6.45) is 2.02. The van der Waals surface area contributed by atoms with Gasteiger partial charge in [0.15, 0.2) is 0 Å². The first-order chi connectivity index (χ1) is 14.2. The van der Waals surface area contributed by atoms with Crippen LogP contribution in [0.25, 0.3) is 0 Å². The van der Waals surface area contributed by atoms with E-state index in [4.69, 9.17) is 4.74 Å². The quantitative estimate of drug-likeness (QED) is 0.659. The third-order valence-electron chi connectivity index (χ3n) is 4.90. The van der Waals surface area contributed by atoms with Crippen molar-refractivity contribution >= 4 is 31.4 Å². The van der Waals surface area contributed by atoms with Gasteiger partial charge in [0.25, 0.3) is 10.0 Å². The van der Waals surface area contributed by atoms with Crippen LogP contribution in [-0.4, -0.2) is 35.7 Å². The van der Waals surface area contributed by atoms with Crippen molar-refractivity contribution in [1.82, 2.24) is 0 Å². The smallest absolute Gasteiger partial charge is 0.265 e. The zero-order valence-corrected chi connectivity index (χ0v) is 19.1. The number of nitrogens with one attached hydrogen (secondary N) is 1. The topological polar surface area (TPSA) is 92.8 Å². The zero-order valence-electron chi connectivity index (χ0n) is 17.5. The van der Waals surface area contributed by atoms with Crippen LogP contribution in [0.4, 0.5) is 11.4 Å². The second kappa shape index (κ2) is 8.85. The molecule has 0 saturated carbocycles. The number of anilines is 2. The SMILES string of the molecule is CCCS(=O)(=O)N1CCCc2ccc(NS(=O)(=O)c3cc(C)ccc3OCC)cc21. The number of rotatable bonds is 8. The maximum atomic E-state index is 13.1. The summed E-state index contributed by atoms with van der Waals surface area (Å²) in [5, 5.41) is 0. The summed E-state index contributed by atoms with van der Waals surface area (Å²) >= 11 is 0. The van der Waals surface area contributed by atoms with Crippen molar-refractivity contribution in [1.29, 1.82) is 0 Å². The molecule has 2 aromatic carbocycles. The molecule has 0 atom stereocenters. The molecule has 1 aliphatic heterocycles. The number of benzene rings is 2. The molecule has 0 fully saturated rings. The van der Waals surface area contributed by atoms with Crippen LogP contribution in [-0.2, 0) is 26.5 Å². The van der Waals surface area contributed by atoms with Crippen LogP contribution in [0.5, 0.6) is 5.75 Å². The van der Waals surface area contributed by atoms with Gasteiger partial charge < -0.3 is 4.74 Å². The molecule has 2 aromatic rings. The van der Waals surface area contributed by atoms with Gasteiger partial charge in [-0.1, -0.05) is 19.1 Å². The van der Waals surface area contributed by atoms with E-state index in [1.807, 2.05) is 13.8 Å². The van der Waals surface area contributed by atoms with Crippen LogP contribution in [0.2, 0.25) is 0 Å². The van der Waals surface area contributed by atoms with Gasteiger partial charge in [0.05, 0.1) is 23.7 Å². The minimum atomic E-state index is -3.92. The number of sulfonamides is 2. The number of aryl methyl sites for hydroxylation is 2. The lowest BCUT2D eigenvalue weighted by molar-refractivity contribution is 0.331. The van der Waals surface area contributed by atoms with Gasteiger partial charge in [-0.3, -0.25) is 9.03 Å². The Labute approximate surface area is 179 Å². The van der Waals surface area contributed by atoms with Gasteiger partial charge in [0, 0.05) is 6.54 Å². The van der Waals surface area contributed by atoms with Crippen LogP contribution in [0, 0.1) is 6.92 Å². The normalized spacial score (nSPS) is 14.3. The van der Waals surface area contributed by atoms with E-state index in [1.165, 1.54) is 4.31 Å². The lowest BCUT2D eigenvalue weighted by Crippen LogP contribution is -2.37. The minimum absolute atomic E-state index is 0.0533. The highest BCUT2D eigenvalue weighted by molar-refractivity contribution is 7.93. The van der Waals surface area contributed by atoms with E-state index in [1.54, 1.807) is 43.3 Å². The second-order valence-electron chi connectivity index (χ2n) is 7.32. The maximum absolute atomic E-state index is 13.1. The van der Waals surface area contributed by atoms with Gasteiger partial charge in [0.1, 0.15) is 10.6 Å². The number of ether oxygens (including phenoxy) is 1. The van der Waals surface area contributed by atoms with Gasteiger partial charge in [-0.15, -0.1) is 0 Å². The largest absolute Gasteiger partial charge is 0.492 e. The standard InChI is InChI=1S/C21H28N2O5S2/c1-4-13-29(24,25)23-12-6-7-17-9-10-18(15-19(17)23)22-30(26,27)21-14-16(3)8-11-20(21)28-5-2/h8-11,14-15,22H,4-7,12-13H2,1-3H3. The Balaban J connectivity index is 1.98. The van der Waals surface area contributed by atoms with Crippen LogP contribution in [0.3, 0.4) is 0 Å². The number of nitrogens with zero attached hydrogens (tertiary/aromatic N) is 1. The van der Waals surface area contributed by atoms with Crippen molar-refractivity contribution in [3.63, 3.8) is 0 Å². The molecule has 9 heteroatoms. The number of hydrogen-bond donors (Lipinski definition) is 1. The third kappa shape index (κ3) is 4.73. The molecule has 0 saturated heterocycles. The van der Waals surface area contributed by atoms with Gasteiger partial charge >= 0.3 is 0 Å². The minimum Gasteiger partial charge on any atom is -0.492 e. The van der Waals surface area contributed by atoms with E-state index >= 15 is 0 Å². The first kappa shape index (κ1) is 22.4. The molecule has 3 rings (SSSR count). The predicted molar refractivity (Wildman–Crippen MR) is 119 cm³/mol. The average molecular weight is 453 g/mol. The fraction of sp³-hybridized carbons (Fsp3) is 0.429. The third-order valence-corrected chi connectivity index (χ3v) is 8.28. The Kier molecular flexibility index (Phi) is 6.62. The van der Waals surface area contributed by atoms with Crippen molar-refractivity contribution in [2.24, 2.45) is 0 Å². The summed E-state index contributed by atoms with van der Waals surface area (Å²) < 4.78 is 61.0. The Morgan fingerprint density at radius 2 is 1.83 bits per heavy atom. The lowest BCUT2D eigenvalue weighted by atomic mass is 10.0. The Bertz CT molecular complexity index is 1130. The molecule has 0 bridgehead atoms. The first-order valence-corrected chi connectivity index (χ1v) is 13.2. The summed E-state index contributed by atoms with van der Waals surface area (Å²) in [5.74, 6) is 0.337. The van der Waals surface area contributed by atoms with Crippen molar-refractivity contribution in [3.05, 3.63) is 47.5 Å². The molecule has 0 amide bonds. The Morgan fingerprint density at radius 3 is 2.53 bits per heavy atom. The fourth-order valence-corrected chi connectivity index (χ4v) is 6.47. The molecule has 0 aliphatic carbocycles. The summed E-state index contributed by atoms with van der Waals surface area (Å²) in [4.78, 5) is 0.0533. The zero-order chi connectivity index (χ0) is 21.9.